The van der Waals surface area contributed by atoms with Crippen molar-refractivity contribution >= 4 is 0 Å². The maximum atomic E-state index is 9.49. The van der Waals surface area contributed by atoms with Gasteiger partial charge in [-0.15, -0.1) is 0 Å². The van der Waals surface area contributed by atoms with E-state index in [1.807, 2.05) is 42.5 Å². The summed E-state index contributed by atoms with van der Waals surface area (Å²) < 4.78 is 0. The smallest absolute Gasteiger partial charge is 0.0827 e. The number of aliphatic hydroxyl groups is 1. The van der Waals surface area contributed by atoms with Crippen LogP contribution in [0.25, 0.3) is 0 Å². The number of hydrogen-bond acceptors (Lipinski definition) is 1. The molecule has 0 aromatic rings. The number of fused-ring (bicyclic) bond motifs is 1. The predicted molar refractivity (Wildman–Crippen MR) is 45.0 cm³/mol. The summed E-state index contributed by atoms with van der Waals surface area (Å²) in [7, 11) is 0. The summed E-state index contributed by atoms with van der Waals surface area (Å²) in [5.74, 6) is 0.185. The van der Waals surface area contributed by atoms with Gasteiger partial charge in [-0.3, -0.25) is 0 Å². The molecule has 0 amide bonds. The Morgan fingerprint density at radius 3 is 2.82 bits per heavy atom. The van der Waals surface area contributed by atoms with E-state index in [2.05, 4.69) is 0 Å². The second-order valence-electron chi connectivity index (χ2n) is 2.81. The molecule has 0 fully saturated rings. The van der Waals surface area contributed by atoms with Crippen molar-refractivity contribution in [3.05, 3.63) is 48.1 Å². The van der Waals surface area contributed by atoms with Gasteiger partial charge in [0.2, 0.25) is 0 Å². The van der Waals surface area contributed by atoms with Gasteiger partial charge < -0.3 is 5.11 Å². The quantitative estimate of drug-likeness (QED) is 0.550. The van der Waals surface area contributed by atoms with Crippen LogP contribution in [-0.4, -0.2) is 11.2 Å². The molecule has 0 heterocycles. The van der Waals surface area contributed by atoms with Gasteiger partial charge >= 0.3 is 0 Å². The Kier molecular flexibility index (Phi) is 1.51. The van der Waals surface area contributed by atoms with Crippen LogP contribution in [-0.2, 0) is 0 Å². The molecule has 2 unspecified atom stereocenters. The van der Waals surface area contributed by atoms with Crippen LogP contribution in [0, 0.1) is 5.92 Å². The normalized spacial score (nSPS) is 33.4. The first kappa shape index (κ1) is 6.62. The van der Waals surface area contributed by atoms with E-state index in [-0.39, 0.29) is 12.0 Å². The topological polar surface area (TPSA) is 20.2 Å². The third kappa shape index (κ3) is 1.08. The van der Waals surface area contributed by atoms with Crippen molar-refractivity contribution in [2.75, 3.05) is 0 Å². The summed E-state index contributed by atoms with van der Waals surface area (Å²) in [5, 5.41) is 9.49. The van der Waals surface area contributed by atoms with E-state index in [1.165, 1.54) is 5.57 Å². The van der Waals surface area contributed by atoms with Gasteiger partial charge in [-0.2, -0.15) is 0 Å². The van der Waals surface area contributed by atoms with Crippen molar-refractivity contribution in [1.82, 2.24) is 0 Å². The summed E-state index contributed by atoms with van der Waals surface area (Å²) >= 11 is 0. The van der Waals surface area contributed by atoms with E-state index in [4.69, 9.17) is 0 Å². The first-order valence-corrected chi connectivity index (χ1v) is 3.79. The highest BCUT2D eigenvalue weighted by Gasteiger charge is 2.19. The Morgan fingerprint density at radius 1 is 1.09 bits per heavy atom. The van der Waals surface area contributed by atoms with Crippen LogP contribution in [0.4, 0.5) is 0 Å². The van der Waals surface area contributed by atoms with Gasteiger partial charge in [0, 0.05) is 5.92 Å². The minimum atomic E-state index is -0.337. The number of hydrogen-bond donors (Lipinski definition) is 1. The molecule has 2 aliphatic rings. The molecule has 2 atom stereocenters. The molecule has 0 aliphatic heterocycles. The molecule has 1 heteroatoms. The zero-order valence-corrected chi connectivity index (χ0v) is 6.14. The molecular weight excluding hydrogens is 136 g/mol. The monoisotopic (exact) mass is 146 g/mol. The molecule has 0 radical (unpaired) electrons. The molecule has 11 heavy (non-hydrogen) atoms. The molecule has 0 spiro atoms. The SMILES string of the molecule is OC1C=CC=C2C=CC=CC21. The molecule has 0 aromatic carbocycles. The van der Waals surface area contributed by atoms with Crippen molar-refractivity contribution < 1.29 is 5.11 Å². The van der Waals surface area contributed by atoms with Gasteiger partial charge in [-0.25, -0.2) is 0 Å². The van der Waals surface area contributed by atoms with Crippen molar-refractivity contribution in [3.63, 3.8) is 0 Å². The molecule has 1 N–H and O–H groups in total. The van der Waals surface area contributed by atoms with Crippen molar-refractivity contribution in [2.24, 2.45) is 5.92 Å². The summed E-state index contributed by atoms with van der Waals surface area (Å²) in [6, 6.07) is 0. The van der Waals surface area contributed by atoms with E-state index >= 15 is 0 Å². The first-order valence-electron chi connectivity index (χ1n) is 3.79. The van der Waals surface area contributed by atoms with Crippen molar-refractivity contribution in [1.29, 1.82) is 0 Å². The Morgan fingerprint density at radius 2 is 2.00 bits per heavy atom. The van der Waals surface area contributed by atoms with Gasteiger partial charge in [0.15, 0.2) is 0 Å². The lowest BCUT2D eigenvalue weighted by molar-refractivity contribution is 0.191. The van der Waals surface area contributed by atoms with Gasteiger partial charge in [0.05, 0.1) is 6.10 Å². The minimum absolute atomic E-state index is 0.185. The molecule has 1 nitrogen and oxygen atoms in total. The standard InChI is InChI=1S/C10H10O/c11-10-7-3-5-8-4-1-2-6-9(8)10/h1-7,9-11H. The summed E-state index contributed by atoms with van der Waals surface area (Å²) in [6.07, 6.45) is 13.5. The van der Waals surface area contributed by atoms with Gasteiger partial charge in [-0.1, -0.05) is 42.5 Å². The zero-order chi connectivity index (χ0) is 7.68. The maximum Gasteiger partial charge on any atom is 0.0827 e. The van der Waals surface area contributed by atoms with Crippen LogP contribution in [0.15, 0.2) is 48.1 Å². The highest BCUT2D eigenvalue weighted by Crippen LogP contribution is 2.25. The second-order valence-corrected chi connectivity index (χ2v) is 2.81. The van der Waals surface area contributed by atoms with Crippen LogP contribution in [0.5, 0.6) is 0 Å². The van der Waals surface area contributed by atoms with E-state index in [0.717, 1.165) is 0 Å². The maximum absolute atomic E-state index is 9.49. The fourth-order valence-electron chi connectivity index (χ4n) is 1.45. The molecule has 0 aromatic heterocycles. The zero-order valence-electron chi connectivity index (χ0n) is 6.14. The third-order valence-corrected chi connectivity index (χ3v) is 2.07. The molecular formula is C10H10O. The average Bonchev–Trinajstić information content (AvgIpc) is 2.06. The second kappa shape index (κ2) is 2.51. The predicted octanol–water partition coefficient (Wildman–Crippen LogP) is 1.59. The Balaban J connectivity index is 2.35. The van der Waals surface area contributed by atoms with Gasteiger partial charge in [-0.05, 0) is 5.57 Å². The minimum Gasteiger partial charge on any atom is -0.388 e. The van der Waals surface area contributed by atoms with Crippen LogP contribution >= 0.6 is 0 Å². The van der Waals surface area contributed by atoms with Crippen molar-refractivity contribution in [2.45, 2.75) is 6.10 Å². The Hall–Kier alpha value is -1.08. The van der Waals surface area contributed by atoms with Gasteiger partial charge in [0.1, 0.15) is 0 Å². The molecule has 0 saturated heterocycles. The van der Waals surface area contributed by atoms with Gasteiger partial charge in [0.25, 0.3) is 0 Å². The third-order valence-electron chi connectivity index (χ3n) is 2.07. The highest BCUT2D eigenvalue weighted by atomic mass is 16.3. The Bertz CT molecular complexity index is 269. The van der Waals surface area contributed by atoms with E-state index in [1.54, 1.807) is 0 Å². The number of aliphatic hydroxyl groups excluding tert-OH is 1. The van der Waals surface area contributed by atoms with Crippen LogP contribution < -0.4 is 0 Å². The highest BCUT2D eigenvalue weighted by molar-refractivity contribution is 5.40. The molecule has 0 bridgehead atoms. The lowest BCUT2D eigenvalue weighted by Gasteiger charge is -2.22. The number of allylic oxidation sites excluding steroid dienone is 5. The fourth-order valence-corrected chi connectivity index (χ4v) is 1.45. The van der Waals surface area contributed by atoms with E-state index < -0.39 is 0 Å². The van der Waals surface area contributed by atoms with Crippen molar-refractivity contribution in [3.8, 4) is 0 Å². The molecule has 56 valence electrons. The van der Waals surface area contributed by atoms with E-state index in [9.17, 15) is 5.11 Å². The van der Waals surface area contributed by atoms with Crippen LogP contribution in [0.3, 0.4) is 0 Å². The average molecular weight is 146 g/mol. The Labute approximate surface area is 66.0 Å². The lowest BCUT2D eigenvalue weighted by Crippen LogP contribution is -2.20. The fraction of sp³-hybridized carbons (Fsp3) is 0.200. The molecule has 2 rings (SSSR count). The van der Waals surface area contributed by atoms with E-state index in [0.29, 0.717) is 0 Å². The molecule has 0 saturated carbocycles. The number of rotatable bonds is 0. The van der Waals surface area contributed by atoms with Crippen LogP contribution in [0.1, 0.15) is 0 Å². The van der Waals surface area contributed by atoms with Crippen LogP contribution in [0.2, 0.25) is 0 Å². The largest absolute Gasteiger partial charge is 0.388 e. The summed E-state index contributed by atoms with van der Waals surface area (Å²) in [4.78, 5) is 0. The lowest BCUT2D eigenvalue weighted by atomic mass is 9.86. The first-order chi connectivity index (χ1) is 5.38. The summed E-state index contributed by atoms with van der Waals surface area (Å²) in [5.41, 5.74) is 1.20. The summed E-state index contributed by atoms with van der Waals surface area (Å²) in [6.45, 7) is 0. The molecule has 2 aliphatic carbocycles.